The molecular formula is C31H25F3N2O5S. The molecule has 0 fully saturated rings. The standard InChI is InChI=1S/C31H25F3N2O5S/c1-17(37)26-27-22-9-4-5-10-24(22)41-30(26,2)35-29-36(27)28(38)25(42-29)14-18-11-12-23(39-3)19(13-18)16-40-21-8-6-7-20(15-21)31(32,33)34/h4-15,26-27H,16H2,1-3H3/b25-14+/t26-,27-,30+/m1/s1. The number of carbonyl (C=O) groups excluding carboxylic acids is 1. The number of fused-ring (bicyclic) bond motifs is 6. The smallest absolute Gasteiger partial charge is 0.416 e. The minimum Gasteiger partial charge on any atom is -0.496 e. The van der Waals surface area contributed by atoms with Gasteiger partial charge in [0, 0.05) is 11.1 Å². The summed E-state index contributed by atoms with van der Waals surface area (Å²) >= 11 is 1.20. The number of alkyl halides is 3. The van der Waals surface area contributed by atoms with Crippen LogP contribution in [-0.4, -0.2) is 23.2 Å². The highest BCUT2D eigenvalue weighted by atomic mass is 32.1. The zero-order chi connectivity index (χ0) is 29.8. The van der Waals surface area contributed by atoms with E-state index in [-0.39, 0.29) is 23.7 Å². The Morgan fingerprint density at radius 2 is 1.93 bits per heavy atom. The molecule has 3 atom stereocenters. The highest BCUT2D eigenvalue weighted by Crippen LogP contribution is 2.47. The van der Waals surface area contributed by atoms with Crippen molar-refractivity contribution < 1.29 is 32.2 Å². The average molecular weight is 595 g/mol. The van der Waals surface area contributed by atoms with Gasteiger partial charge in [0.2, 0.25) is 5.72 Å². The van der Waals surface area contributed by atoms with Crippen LogP contribution in [0.1, 0.15) is 42.1 Å². The normalized spacial score (nSPS) is 21.0. The van der Waals surface area contributed by atoms with Crippen molar-refractivity contribution in [3.63, 3.8) is 0 Å². The SMILES string of the molecule is COc1ccc(/C=c2/sc3n(c2=O)[C@@H]2c4ccccc4O[C@](C)(N=3)[C@@H]2C(C)=O)cc1COc1cccc(C(F)(F)F)c1. The fraction of sp³-hybridized carbons (Fsp3) is 0.258. The molecule has 1 aromatic heterocycles. The Balaban J connectivity index is 1.39. The molecule has 3 heterocycles. The van der Waals surface area contributed by atoms with E-state index in [0.717, 1.165) is 17.7 Å². The molecule has 2 aliphatic heterocycles. The van der Waals surface area contributed by atoms with Crippen LogP contribution in [0.4, 0.5) is 13.2 Å². The summed E-state index contributed by atoms with van der Waals surface area (Å²) in [6, 6.07) is 16.7. The maximum atomic E-state index is 13.8. The van der Waals surface area contributed by atoms with E-state index in [2.05, 4.69) is 0 Å². The maximum absolute atomic E-state index is 13.8. The number of hydrogen-bond donors (Lipinski definition) is 0. The molecule has 0 N–H and O–H groups in total. The summed E-state index contributed by atoms with van der Waals surface area (Å²) in [6.45, 7) is 3.19. The lowest BCUT2D eigenvalue weighted by molar-refractivity contribution is -0.137. The lowest BCUT2D eigenvalue weighted by Gasteiger charge is -2.45. The maximum Gasteiger partial charge on any atom is 0.416 e. The van der Waals surface area contributed by atoms with Crippen molar-refractivity contribution in [2.24, 2.45) is 10.9 Å². The van der Waals surface area contributed by atoms with E-state index in [9.17, 15) is 22.8 Å². The van der Waals surface area contributed by atoms with Crippen LogP contribution in [-0.2, 0) is 17.6 Å². The molecule has 6 rings (SSSR count). The van der Waals surface area contributed by atoms with Crippen LogP contribution in [0.15, 0.2) is 76.5 Å². The van der Waals surface area contributed by atoms with Crippen molar-refractivity contribution in [1.29, 1.82) is 0 Å². The summed E-state index contributed by atoms with van der Waals surface area (Å²) in [6.07, 6.45) is -2.77. The van der Waals surface area contributed by atoms with Gasteiger partial charge in [0.05, 0.1) is 23.2 Å². The molecule has 0 saturated carbocycles. The van der Waals surface area contributed by atoms with E-state index in [4.69, 9.17) is 19.2 Å². The number of Topliss-reactive ketones (excluding diaryl/α,β-unsaturated/α-hetero) is 1. The molecule has 0 amide bonds. The van der Waals surface area contributed by atoms with Gasteiger partial charge in [-0.05, 0) is 61.9 Å². The fourth-order valence-corrected chi connectivity index (χ4v) is 6.73. The monoisotopic (exact) mass is 594 g/mol. The number of nitrogens with zero attached hydrogens (tertiary/aromatic N) is 2. The van der Waals surface area contributed by atoms with Crippen LogP contribution in [0.25, 0.3) is 6.08 Å². The zero-order valence-electron chi connectivity index (χ0n) is 22.8. The van der Waals surface area contributed by atoms with Crippen molar-refractivity contribution in [1.82, 2.24) is 4.57 Å². The van der Waals surface area contributed by atoms with Crippen LogP contribution in [0.5, 0.6) is 17.2 Å². The van der Waals surface area contributed by atoms with Gasteiger partial charge in [-0.2, -0.15) is 13.2 Å². The third-order valence-corrected chi connectivity index (χ3v) is 8.46. The van der Waals surface area contributed by atoms with E-state index in [1.165, 1.54) is 37.5 Å². The summed E-state index contributed by atoms with van der Waals surface area (Å²) < 4.78 is 58.7. The average Bonchev–Trinajstić information content (AvgIpc) is 3.24. The van der Waals surface area contributed by atoms with Gasteiger partial charge in [-0.25, -0.2) is 4.99 Å². The van der Waals surface area contributed by atoms with Crippen molar-refractivity contribution in [2.45, 2.75) is 38.4 Å². The van der Waals surface area contributed by atoms with Gasteiger partial charge < -0.3 is 14.2 Å². The van der Waals surface area contributed by atoms with Crippen molar-refractivity contribution in [2.75, 3.05) is 7.11 Å². The van der Waals surface area contributed by atoms with E-state index < -0.39 is 29.4 Å². The molecule has 2 bridgehead atoms. The minimum atomic E-state index is -4.49. The van der Waals surface area contributed by atoms with E-state index in [1.807, 2.05) is 24.3 Å². The zero-order valence-corrected chi connectivity index (χ0v) is 23.6. The molecule has 0 saturated heterocycles. The number of thiazole rings is 1. The molecule has 216 valence electrons. The van der Waals surface area contributed by atoms with Crippen molar-refractivity contribution in [3.05, 3.63) is 109 Å². The lowest BCUT2D eigenvalue weighted by Crippen LogP contribution is -2.58. The van der Waals surface area contributed by atoms with Crippen molar-refractivity contribution >= 4 is 23.2 Å². The van der Waals surface area contributed by atoms with Gasteiger partial charge in [0.25, 0.3) is 5.56 Å². The Morgan fingerprint density at radius 1 is 1.14 bits per heavy atom. The van der Waals surface area contributed by atoms with E-state index in [1.54, 1.807) is 35.8 Å². The molecule has 42 heavy (non-hydrogen) atoms. The van der Waals surface area contributed by atoms with Crippen LogP contribution in [0, 0.1) is 5.92 Å². The Labute approximate surface area is 242 Å². The quantitative estimate of drug-likeness (QED) is 0.318. The molecule has 0 spiro atoms. The van der Waals surface area contributed by atoms with Crippen LogP contribution in [0.3, 0.4) is 0 Å². The molecule has 4 aromatic rings. The fourth-order valence-electron chi connectivity index (χ4n) is 5.63. The summed E-state index contributed by atoms with van der Waals surface area (Å²) in [5.74, 6) is 0.322. The first-order valence-corrected chi connectivity index (χ1v) is 13.9. The van der Waals surface area contributed by atoms with E-state index in [0.29, 0.717) is 32.0 Å². The van der Waals surface area contributed by atoms with Gasteiger partial charge in [0.1, 0.15) is 35.6 Å². The topological polar surface area (TPSA) is 79.1 Å². The number of para-hydroxylation sites is 1. The molecule has 0 unspecified atom stereocenters. The lowest BCUT2D eigenvalue weighted by atomic mass is 9.79. The number of methoxy groups -OCH3 is 1. The predicted octanol–water partition coefficient (Wildman–Crippen LogP) is 4.88. The first-order chi connectivity index (χ1) is 20.0. The molecule has 2 aliphatic rings. The number of halogens is 3. The molecular weight excluding hydrogens is 569 g/mol. The van der Waals surface area contributed by atoms with Crippen LogP contribution < -0.4 is 29.1 Å². The van der Waals surface area contributed by atoms with Gasteiger partial charge >= 0.3 is 6.18 Å². The molecule has 3 aromatic carbocycles. The largest absolute Gasteiger partial charge is 0.496 e. The molecule has 0 radical (unpaired) electrons. The number of rotatable bonds is 6. The summed E-state index contributed by atoms with van der Waals surface area (Å²) in [5.41, 5.74) is -0.267. The Morgan fingerprint density at radius 3 is 2.67 bits per heavy atom. The summed E-state index contributed by atoms with van der Waals surface area (Å²) in [7, 11) is 1.48. The Kier molecular flexibility index (Phi) is 6.72. The predicted molar refractivity (Wildman–Crippen MR) is 149 cm³/mol. The molecule has 0 aliphatic carbocycles. The van der Waals surface area contributed by atoms with Crippen LogP contribution in [0.2, 0.25) is 0 Å². The highest BCUT2D eigenvalue weighted by Gasteiger charge is 2.53. The number of hydrogen-bond acceptors (Lipinski definition) is 7. The first kappa shape index (κ1) is 27.8. The number of benzene rings is 3. The third kappa shape index (κ3) is 4.77. The Bertz CT molecular complexity index is 1900. The van der Waals surface area contributed by atoms with E-state index >= 15 is 0 Å². The first-order valence-electron chi connectivity index (χ1n) is 13.1. The number of ketones is 1. The highest BCUT2D eigenvalue weighted by molar-refractivity contribution is 7.07. The number of carbonyl (C=O) groups is 1. The van der Waals surface area contributed by atoms with Gasteiger partial charge in [0.15, 0.2) is 4.80 Å². The van der Waals surface area contributed by atoms with Gasteiger partial charge in [-0.1, -0.05) is 41.7 Å². The van der Waals surface area contributed by atoms with Crippen molar-refractivity contribution in [3.8, 4) is 17.2 Å². The molecule has 11 heteroatoms. The number of aromatic nitrogens is 1. The summed E-state index contributed by atoms with van der Waals surface area (Å²) in [4.78, 5) is 31.9. The Hall–Kier alpha value is -4.38. The minimum absolute atomic E-state index is 0.0593. The second-order valence-corrected chi connectivity index (χ2v) is 11.3. The summed E-state index contributed by atoms with van der Waals surface area (Å²) in [5, 5.41) is 0. The second-order valence-electron chi connectivity index (χ2n) is 10.3. The van der Waals surface area contributed by atoms with Gasteiger partial charge in [-0.15, -0.1) is 0 Å². The van der Waals surface area contributed by atoms with Crippen LogP contribution >= 0.6 is 11.3 Å². The second kappa shape index (κ2) is 10.2. The third-order valence-electron chi connectivity index (χ3n) is 7.48. The molecule has 7 nitrogen and oxygen atoms in total. The van der Waals surface area contributed by atoms with Gasteiger partial charge in [-0.3, -0.25) is 14.2 Å². The number of ether oxygens (including phenoxy) is 3.